The van der Waals surface area contributed by atoms with Gasteiger partial charge in [-0.2, -0.15) is 0 Å². The van der Waals surface area contributed by atoms with Gasteiger partial charge in [0, 0.05) is 18.8 Å². The predicted octanol–water partition coefficient (Wildman–Crippen LogP) is 8.69. The second kappa shape index (κ2) is 13.2. The van der Waals surface area contributed by atoms with Crippen molar-refractivity contribution in [2.75, 3.05) is 25.1 Å². The first-order valence-corrected chi connectivity index (χ1v) is 12.8. The summed E-state index contributed by atoms with van der Waals surface area (Å²) in [6.45, 7) is 6.78. The fourth-order valence-corrected chi connectivity index (χ4v) is 4.54. The van der Waals surface area contributed by atoms with Crippen molar-refractivity contribution in [1.82, 2.24) is 4.98 Å². The van der Waals surface area contributed by atoms with E-state index in [1.165, 1.54) is 68.4 Å². The third kappa shape index (κ3) is 7.30. The molecule has 32 heavy (non-hydrogen) atoms. The average Bonchev–Trinajstić information content (AvgIpc) is 3.24. The minimum atomic E-state index is 0.658. The van der Waals surface area contributed by atoms with Crippen LogP contribution in [0.2, 0.25) is 0 Å². The Kier molecular flexibility index (Phi) is 9.95. The minimum Gasteiger partial charge on any atom is -0.497 e. The lowest BCUT2D eigenvalue weighted by molar-refractivity contribution is 0.415. The van der Waals surface area contributed by atoms with Crippen molar-refractivity contribution in [3.05, 3.63) is 42.5 Å². The minimum absolute atomic E-state index is 0.658. The number of azo groups is 1. The number of hydrogen-bond acceptors (Lipinski definition) is 6. The Labute approximate surface area is 196 Å². The van der Waals surface area contributed by atoms with Crippen LogP contribution in [0.1, 0.15) is 65.2 Å². The lowest BCUT2D eigenvalue weighted by atomic mass is 10.1. The molecule has 0 aliphatic rings. The van der Waals surface area contributed by atoms with Crippen LogP contribution in [0.5, 0.6) is 5.75 Å². The highest BCUT2D eigenvalue weighted by molar-refractivity contribution is 7.21. The summed E-state index contributed by atoms with van der Waals surface area (Å²) in [5, 5.41) is 9.43. The summed E-state index contributed by atoms with van der Waals surface area (Å²) >= 11 is 1.52. The third-order valence-corrected chi connectivity index (χ3v) is 6.52. The number of nitrogens with zero attached hydrogens (tertiary/aromatic N) is 4. The van der Waals surface area contributed by atoms with E-state index in [4.69, 9.17) is 4.74 Å². The quantitative estimate of drug-likeness (QED) is 0.181. The van der Waals surface area contributed by atoms with Gasteiger partial charge in [-0.05, 0) is 55.3 Å². The van der Waals surface area contributed by atoms with E-state index in [-0.39, 0.29) is 0 Å². The topological polar surface area (TPSA) is 50.1 Å². The Morgan fingerprint density at radius 3 is 2.16 bits per heavy atom. The first-order chi connectivity index (χ1) is 15.7. The Balaban J connectivity index is 1.63. The SMILES string of the molecule is CCCCCCN(CCCCCC)c1ccc(N=Nc2nc3ccc(OC)cc3s2)cc1. The van der Waals surface area contributed by atoms with Gasteiger partial charge < -0.3 is 9.64 Å². The largest absolute Gasteiger partial charge is 0.497 e. The van der Waals surface area contributed by atoms with E-state index in [2.05, 4.69) is 58.2 Å². The molecule has 5 nitrogen and oxygen atoms in total. The molecular weight excluding hydrogens is 416 g/mol. The highest BCUT2D eigenvalue weighted by atomic mass is 32.1. The molecule has 0 saturated heterocycles. The van der Waals surface area contributed by atoms with Crippen molar-refractivity contribution in [2.24, 2.45) is 10.2 Å². The molecule has 1 aromatic heterocycles. The molecule has 0 fully saturated rings. The van der Waals surface area contributed by atoms with Crippen LogP contribution in [0, 0.1) is 0 Å². The Morgan fingerprint density at radius 1 is 0.844 bits per heavy atom. The summed E-state index contributed by atoms with van der Waals surface area (Å²) in [5.74, 6) is 0.828. The Hall–Kier alpha value is -2.47. The van der Waals surface area contributed by atoms with Crippen molar-refractivity contribution < 1.29 is 4.74 Å². The zero-order valence-corrected chi connectivity index (χ0v) is 20.5. The molecule has 0 N–H and O–H groups in total. The van der Waals surface area contributed by atoms with Gasteiger partial charge in [-0.25, -0.2) is 4.98 Å². The van der Waals surface area contributed by atoms with E-state index in [0.29, 0.717) is 5.13 Å². The van der Waals surface area contributed by atoms with E-state index in [1.807, 2.05) is 18.2 Å². The molecule has 1 heterocycles. The second-order valence-corrected chi connectivity index (χ2v) is 9.16. The van der Waals surface area contributed by atoms with Gasteiger partial charge >= 0.3 is 0 Å². The average molecular weight is 453 g/mol. The fraction of sp³-hybridized carbons (Fsp3) is 0.500. The summed E-state index contributed by atoms with van der Waals surface area (Å²) in [7, 11) is 1.67. The van der Waals surface area contributed by atoms with Gasteiger partial charge in [-0.1, -0.05) is 63.7 Å². The van der Waals surface area contributed by atoms with Crippen LogP contribution in [0.25, 0.3) is 10.2 Å². The summed E-state index contributed by atoms with van der Waals surface area (Å²) < 4.78 is 6.34. The molecule has 0 unspecified atom stereocenters. The van der Waals surface area contributed by atoms with Gasteiger partial charge in [-0.15, -0.1) is 10.2 Å². The molecule has 2 aromatic carbocycles. The van der Waals surface area contributed by atoms with Crippen molar-refractivity contribution in [2.45, 2.75) is 65.2 Å². The number of ether oxygens (including phenoxy) is 1. The van der Waals surface area contributed by atoms with Gasteiger partial charge in [0.25, 0.3) is 0 Å². The van der Waals surface area contributed by atoms with Crippen molar-refractivity contribution >= 4 is 38.1 Å². The summed E-state index contributed by atoms with van der Waals surface area (Å²) in [6, 6.07) is 14.3. The third-order valence-electron chi connectivity index (χ3n) is 5.61. The smallest absolute Gasteiger partial charge is 0.231 e. The van der Waals surface area contributed by atoms with E-state index < -0.39 is 0 Å². The van der Waals surface area contributed by atoms with Crippen molar-refractivity contribution in [3.8, 4) is 5.75 Å². The lowest BCUT2D eigenvalue weighted by Crippen LogP contribution is -2.25. The highest BCUT2D eigenvalue weighted by Crippen LogP contribution is 2.32. The van der Waals surface area contributed by atoms with Crippen LogP contribution in [-0.2, 0) is 0 Å². The molecule has 0 amide bonds. The number of aromatic nitrogens is 1. The molecular formula is C26H36N4OS. The number of hydrogen-bond donors (Lipinski definition) is 0. The van der Waals surface area contributed by atoms with Crippen LogP contribution in [0.3, 0.4) is 0 Å². The van der Waals surface area contributed by atoms with Gasteiger partial charge in [0.1, 0.15) is 5.75 Å². The number of rotatable bonds is 14. The number of benzene rings is 2. The zero-order valence-electron chi connectivity index (χ0n) is 19.7. The number of anilines is 1. The highest BCUT2D eigenvalue weighted by Gasteiger charge is 2.07. The summed E-state index contributed by atoms with van der Waals surface area (Å²) in [4.78, 5) is 7.08. The van der Waals surface area contributed by atoms with Crippen molar-refractivity contribution in [3.63, 3.8) is 0 Å². The maximum absolute atomic E-state index is 5.29. The fourth-order valence-electron chi connectivity index (χ4n) is 3.72. The van der Waals surface area contributed by atoms with Crippen LogP contribution < -0.4 is 9.64 Å². The van der Waals surface area contributed by atoms with Crippen LogP contribution in [0.15, 0.2) is 52.7 Å². The molecule has 6 heteroatoms. The standard InChI is InChI=1S/C26H36N4OS/c1-4-6-8-10-18-30(19-11-9-7-5-2)22-14-12-21(13-15-22)28-29-26-27-24-17-16-23(31-3)20-25(24)32-26/h12-17,20H,4-11,18-19H2,1-3H3. The lowest BCUT2D eigenvalue weighted by Gasteiger charge is -2.25. The molecule has 0 aliphatic heterocycles. The molecule has 3 rings (SSSR count). The Bertz CT molecular complexity index is 956. The van der Waals surface area contributed by atoms with E-state index in [1.54, 1.807) is 7.11 Å². The summed E-state index contributed by atoms with van der Waals surface area (Å²) in [5.41, 5.74) is 3.05. The van der Waals surface area contributed by atoms with Crippen molar-refractivity contribution in [1.29, 1.82) is 0 Å². The molecule has 172 valence electrons. The summed E-state index contributed by atoms with van der Waals surface area (Å²) in [6.07, 6.45) is 10.3. The van der Waals surface area contributed by atoms with E-state index in [0.717, 1.165) is 34.7 Å². The predicted molar refractivity (Wildman–Crippen MR) is 137 cm³/mol. The number of unbranched alkanes of at least 4 members (excludes halogenated alkanes) is 6. The molecule has 0 saturated carbocycles. The van der Waals surface area contributed by atoms with Gasteiger partial charge in [-0.3, -0.25) is 0 Å². The number of methoxy groups -OCH3 is 1. The first kappa shape index (κ1) is 24.2. The van der Waals surface area contributed by atoms with Gasteiger partial charge in [0.05, 0.1) is 23.0 Å². The number of fused-ring (bicyclic) bond motifs is 1. The first-order valence-electron chi connectivity index (χ1n) is 11.9. The molecule has 0 atom stereocenters. The second-order valence-electron chi connectivity index (χ2n) is 8.15. The molecule has 0 aliphatic carbocycles. The van der Waals surface area contributed by atoms with E-state index >= 15 is 0 Å². The van der Waals surface area contributed by atoms with E-state index in [9.17, 15) is 0 Å². The zero-order chi connectivity index (χ0) is 22.6. The van der Waals surface area contributed by atoms with Crippen LogP contribution in [0.4, 0.5) is 16.5 Å². The Morgan fingerprint density at radius 2 is 1.53 bits per heavy atom. The van der Waals surface area contributed by atoms with Gasteiger partial charge in [0.15, 0.2) is 0 Å². The molecule has 0 spiro atoms. The van der Waals surface area contributed by atoms with Crippen LogP contribution >= 0.6 is 11.3 Å². The van der Waals surface area contributed by atoms with Crippen LogP contribution in [-0.4, -0.2) is 25.2 Å². The molecule has 0 radical (unpaired) electrons. The molecule has 3 aromatic rings. The van der Waals surface area contributed by atoms with Gasteiger partial charge in [0.2, 0.25) is 5.13 Å². The maximum Gasteiger partial charge on any atom is 0.231 e. The number of thiazole rings is 1. The maximum atomic E-state index is 5.29. The molecule has 0 bridgehead atoms. The normalized spacial score (nSPS) is 11.5. The monoisotopic (exact) mass is 452 g/mol.